The number of hydrogen-bond donors (Lipinski definition) is 3. The van der Waals surface area contributed by atoms with Crippen molar-refractivity contribution in [3.05, 3.63) is 83.4 Å². The molecule has 11 nitrogen and oxygen atoms in total. The molecular formula is C29H27N5O6. The summed E-state index contributed by atoms with van der Waals surface area (Å²) in [5.41, 5.74) is 2.98. The number of carboxylic acids is 1. The van der Waals surface area contributed by atoms with Crippen molar-refractivity contribution < 1.29 is 29.3 Å². The first-order chi connectivity index (χ1) is 19.2. The van der Waals surface area contributed by atoms with Crippen LogP contribution in [0.1, 0.15) is 56.9 Å². The number of imidazole rings is 2. The van der Waals surface area contributed by atoms with Crippen molar-refractivity contribution in [2.45, 2.75) is 19.8 Å². The molecule has 1 amide bonds. The van der Waals surface area contributed by atoms with Crippen LogP contribution in [0.4, 0.5) is 0 Å². The number of phenols is 1. The number of carboxylic acid groups (broad SMARTS) is 1. The summed E-state index contributed by atoms with van der Waals surface area (Å²) < 4.78 is 8.93. The largest absolute Gasteiger partial charge is 0.508 e. The summed E-state index contributed by atoms with van der Waals surface area (Å²) in [6, 6.07) is 16.2. The van der Waals surface area contributed by atoms with Crippen LogP contribution in [0.2, 0.25) is 0 Å². The highest BCUT2D eigenvalue weighted by Gasteiger charge is 2.25. The van der Waals surface area contributed by atoms with Crippen LogP contribution in [-0.2, 0) is 7.05 Å². The third-order valence-electron chi connectivity index (χ3n) is 6.69. The molecule has 0 spiro atoms. The van der Waals surface area contributed by atoms with E-state index in [-0.39, 0.29) is 47.9 Å². The van der Waals surface area contributed by atoms with Crippen LogP contribution in [-0.4, -0.2) is 60.3 Å². The number of aryl methyl sites for hydroxylation is 1. The maximum Gasteiger partial charge on any atom is 0.339 e. The summed E-state index contributed by atoms with van der Waals surface area (Å²) in [4.78, 5) is 46.1. The van der Waals surface area contributed by atoms with E-state index >= 15 is 0 Å². The highest BCUT2D eigenvalue weighted by Crippen LogP contribution is 2.30. The summed E-state index contributed by atoms with van der Waals surface area (Å²) in [5, 5.41) is 21.9. The predicted molar refractivity (Wildman–Crippen MR) is 147 cm³/mol. The van der Waals surface area contributed by atoms with Crippen molar-refractivity contribution in [1.29, 1.82) is 0 Å². The van der Waals surface area contributed by atoms with E-state index in [1.165, 1.54) is 29.7 Å². The van der Waals surface area contributed by atoms with E-state index in [1.54, 1.807) is 42.5 Å². The van der Waals surface area contributed by atoms with Crippen LogP contribution in [0.3, 0.4) is 0 Å². The van der Waals surface area contributed by atoms with Crippen molar-refractivity contribution in [2.75, 3.05) is 13.2 Å². The molecule has 0 aliphatic carbocycles. The summed E-state index contributed by atoms with van der Waals surface area (Å²) in [7, 11) is 1.84. The minimum atomic E-state index is -1.09. The van der Waals surface area contributed by atoms with E-state index in [1.807, 2.05) is 18.5 Å². The molecule has 2 aromatic heterocycles. The number of benzene rings is 3. The fourth-order valence-corrected chi connectivity index (χ4v) is 4.76. The van der Waals surface area contributed by atoms with E-state index in [0.29, 0.717) is 33.8 Å². The summed E-state index contributed by atoms with van der Waals surface area (Å²) in [6.07, 6.45) is 0. The van der Waals surface area contributed by atoms with Gasteiger partial charge >= 0.3 is 5.97 Å². The molecule has 0 saturated heterocycles. The molecule has 2 heterocycles. The molecule has 40 heavy (non-hydrogen) atoms. The molecule has 1 atom stereocenters. The van der Waals surface area contributed by atoms with Gasteiger partial charge in [-0.2, -0.15) is 0 Å². The van der Waals surface area contributed by atoms with E-state index in [2.05, 4.69) is 10.3 Å². The van der Waals surface area contributed by atoms with Crippen LogP contribution >= 0.6 is 0 Å². The average molecular weight is 542 g/mol. The molecule has 0 aliphatic heterocycles. The third kappa shape index (κ3) is 4.84. The van der Waals surface area contributed by atoms with Gasteiger partial charge in [-0.3, -0.25) is 14.2 Å². The van der Waals surface area contributed by atoms with Gasteiger partial charge in [-0.05, 0) is 49.4 Å². The molecule has 3 N–H and O–H groups in total. The van der Waals surface area contributed by atoms with E-state index in [0.717, 1.165) is 5.52 Å². The zero-order valence-electron chi connectivity index (χ0n) is 22.1. The normalized spacial score (nSPS) is 12.0. The monoisotopic (exact) mass is 541 g/mol. The number of hydrogen-bond acceptors (Lipinski definition) is 7. The van der Waals surface area contributed by atoms with Gasteiger partial charge in [0.25, 0.3) is 5.91 Å². The lowest BCUT2D eigenvalue weighted by atomic mass is 10.1. The number of carbonyl (C=O) groups excluding carboxylic acids is 2. The summed E-state index contributed by atoms with van der Waals surface area (Å²) >= 11 is 0. The second-order valence-corrected chi connectivity index (χ2v) is 9.36. The minimum absolute atomic E-state index is 0.0533. The Morgan fingerprint density at radius 1 is 0.975 bits per heavy atom. The first-order valence-electron chi connectivity index (χ1n) is 12.6. The van der Waals surface area contributed by atoms with Gasteiger partial charge in [0.05, 0.1) is 34.5 Å². The van der Waals surface area contributed by atoms with Crippen molar-refractivity contribution in [3.63, 3.8) is 0 Å². The second kappa shape index (κ2) is 10.5. The Morgan fingerprint density at radius 3 is 2.48 bits per heavy atom. The maximum atomic E-state index is 12.8. The highest BCUT2D eigenvalue weighted by molar-refractivity contribution is 5.97. The molecule has 0 aliphatic rings. The minimum Gasteiger partial charge on any atom is -0.508 e. The van der Waals surface area contributed by atoms with Gasteiger partial charge in [0.1, 0.15) is 35.3 Å². The molecule has 0 bridgehead atoms. The first-order valence-corrected chi connectivity index (χ1v) is 12.6. The smallest absolute Gasteiger partial charge is 0.339 e. The average Bonchev–Trinajstić information content (AvgIpc) is 3.48. The van der Waals surface area contributed by atoms with Gasteiger partial charge in [0.2, 0.25) is 5.91 Å². The fraction of sp³-hybridized carbons (Fsp3) is 0.207. The van der Waals surface area contributed by atoms with Crippen LogP contribution in [0.25, 0.3) is 22.1 Å². The van der Waals surface area contributed by atoms with Crippen LogP contribution in [0, 0.1) is 0 Å². The van der Waals surface area contributed by atoms with Gasteiger partial charge in [0.15, 0.2) is 0 Å². The number of para-hydroxylation sites is 1. The Kier molecular flexibility index (Phi) is 6.95. The zero-order chi connectivity index (χ0) is 28.6. The van der Waals surface area contributed by atoms with Crippen LogP contribution < -0.4 is 10.1 Å². The van der Waals surface area contributed by atoms with E-state index in [4.69, 9.17) is 9.72 Å². The van der Waals surface area contributed by atoms with E-state index in [9.17, 15) is 24.6 Å². The zero-order valence-corrected chi connectivity index (χ0v) is 22.1. The molecule has 0 saturated carbocycles. The van der Waals surface area contributed by atoms with Crippen LogP contribution in [0.5, 0.6) is 11.5 Å². The maximum absolute atomic E-state index is 12.8. The molecule has 0 radical (unpaired) electrons. The van der Waals surface area contributed by atoms with Gasteiger partial charge in [-0.15, -0.1) is 0 Å². The fourth-order valence-electron chi connectivity index (χ4n) is 4.76. The van der Waals surface area contributed by atoms with Gasteiger partial charge in [-0.25, -0.2) is 14.8 Å². The van der Waals surface area contributed by atoms with Crippen LogP contribution in [0.15, 0.2) is 60.7 Å². The van der Waals surface area contributed by atoms with Crippen molar-refractivity contribution in [1.82, 2.24) is 24.4 Å². The number of nitrogens with one attached hydrogen (secondary N) is 1. The standard InChI is InChI=1S/C29H27N5O6/c1-16(27-32-22-15-19(36)9-11-23(22)34(27)17(2)35)26-31-21-10-8-18(14-24(21)33(26)3)28(37)30-12-13-40-25-7-5-4-6-20(25)29(38)39/h4-11,14-16,36H,12-13H2,1-3H3,(H,30,37)(H,38,39). The lowest BCUT2D eigenvalue weighted by molar-refractivity contribution is 0.0691. The number of ether oxygens (including phenoxy) is 1. The number of phenolic OH excluding ortho intramolecular Hbond substituents is 1. The SMILES string of the molecule is CC(=O)n1c(C(C)c2nc3ccc(C(=O)NCCOc4ccccc4C(=O)O)cc3n2C)nc2cc(O)ccc21. The number of aromatic nitrogens is 4. The van der Waals surface area contributed by atoms with Crippen molar-refractivity contribution in [3.8, 4) is 11.5 Å². The molecule has 5 aromatic rings. The topological polar surface area (TPSA) is 149 Å². The molecule has 3 aromatic carbocycles. The third-order valence-corrected chi connectivity index (χ3v) is 6.69. The second-order valence-electron chi connectivity index (χ2n) is 9.36. The Bertz CT molecular complexity index is 1790. The number of aromatic carboxylic acids is 1. The van der Waals surface area contributed by atoms with Crippen molar-refractivity contribution >= 4 is 39.9 Å². The Hall–Kier alpha value is -5.19. The number of aromatic hydroxyl groups is 1. The molecule has 11 heteroatoms. The van der Waals surface area contributed by atoms with Gasteiger partial charge in [-0.1, -0.05) is 12.1 Å². The van der Waals surface area contributed by atoms with Crippen molar-refractivity contribution in [2.24, 2.45) is 7.05 Å². The molecule has 204 valence electrons. The summed E-state index contributed by atoms with van der Waals surface area (Å²) in [5.74, 6) is -0.541. The van der Waals surface area contributed by atoms with E-state index < -0.39 is 5.97 Å². The molecule has 5 rings (SSSR count). The number of amides is 1. The number of fused-ring (bicyclic) bond motifs is 2. The Balaban J connectivity index is 1.34. The summed E-state index contributed by atoms with van der Waals surface area (Å²) in [6.45, 7) is 3.63. The molecule has 1 unspecified atom stereocenters. The molecular weight excluding hydrogens is 514 g/mol. The Morgan fingerprint density at radius 2 is 1.73 bits per heavy atom. The highest BCUT2D eigenvalue weighted by atomic mass is 16.5. The number of rotatable bonds is 8. The first kappa shape index (κ1) is 26.4. The predicted octanol–water partition coefficient (Wildman–Crippen LogP) is 3.95. The number of carbonyl (C=O) groups is 3. The number of nitrogens with zero attached hydrogens (tertiary/aromatic N) is 4. The van der Waals surface area contributed by atoms with Gasteiger partial charge < -0.3 is 24.8 Å². The quantitative estimate of drug-likeness (QED) is 0.250. The molecule has 0 fully saturated rings. The lowest BCUT2D eigenvalue weighted by Crippen LogP contribution is -2.28. The lowest BCUT2D eigenvalue weighted by Gasteiger charge is -2.13. The van der Waals surface area contributed by atoms with Gasteiger partial charge in [0, 0.05) is 25.6 Å². The Labute approximate surface area is 228 Å².